The molecule has 1 heterocycles. The lowest BCUT2D eigenvalue weighted by atomic mass is 9.96. The quantitative estimate of drug-likeness (QED) is 0.925. The molecule has 1 aromatic heterocycles. The summed E-state index contributed by atoms with van der Waals surface area (Å²) in [5.74, 6) is -1.09. The van der Waals surface area contributed by atoms with Crippen LogP contribution in [0.15, 0.2) is 21.2 Å². The minimum absolute atomic E-state index is 0.00697. The maximum absolute atomic E-state index is 11.8. The van der Waals surface area contributed by atoms with Crippen LogP contribution in [0.25, 0.3) is 0 Å². The van der Waals surface area contributed by atoms with Crippen molar-refractivity contribution < 1.29 is 19.1 Å². The van der Waals surface area contributed by atoms with Crippen LogP contribution in [0, 0.1) is 0 Å². The van der Waals surface area contributed by atoms with Gasteiger partial charge in [-0.2, -0.15) is 0 Å². The monoisotopic (exact) mass is 315 g/mol. The molecule has 0 saturated heterocycles. The molecule has 1 fully saturated rings. The number of carboxylic acids is 1. The van der Waals surface area contributed by atoms with Gasteiger partial charge in [0.05, 0.1) is 0 Å². The molecule has 1 aliphatic rings. The first-order valence-corrected chi connectivity index (χ1v) is 6.45. The number of rotatable bonds is 4. The van der Waals surface area contributed by atoms with E-state index in [1.54, 1.807) is 12.1 Å². The van der Waals surface area contributed by atoms with Crippen LogP contribution in [0.3, 0.4) is 0 Å². The molecule has 1 amide bonds. The number of hydrogen-bond donors (Lipinski definition) is 1. The number of hydrogen-bond acceptors (Lipinski definition) is 3. The number of furan rings is 1. The standard InChI is InChI=1S/C12H14BrNO4/c1-7(15)14(8-3-4-8)12(2,11(16)17)9-5-6-10(13)18-9/h5-6,8H,3-4H2,1-2H3,(H,16,17). The number of amides is 1. The van der Waals surface area contributed by atoms with E-state index in [0.29, 0.717) is 4.67 Å². The third-order valence-corrected chi connectivity index (χ3v) is 3.63. The van der Waals surface area contributed by atoms with Crippen LogP contribution in [-0.2, 0) is 15.1 Å². The zero-order valence-corrected chi connectivity index (χ0v) is 11.7. The number of carbonyl (C=O) groups excluding carboxylic acids is 1. The fourth-order valence-electron chi connectivity index (χ4n) is 2.17. The van der Waals surface area contributed by atoms with Gasteiger partial charge in [-0.1, -0.05) is 0 Å². The largest absolute Gasteiger partial charge is 0.479 e. The summed E-state index contributed by atoms with van der Waals surface area (Å²) >= 11 is 3.15. The topological polar surface area (TPSA) is 70.8 Å². The van der Waals surface area contributed by atoms with E-state index >= 15 is 0 Å². The van der Waals surface area contributed by atoms with E-state index in [4.69, 9.17) is 4.42 Å². The minimum Gasteiger partial charge on any atom is -0.479 e. The Kier molecular flexibility index (Phi) is 3.23. The molecule has 18 heavy (non-hydrogen) atoms. The summed E-state index contributed by atoms with van der Waals surface area (Å²) < 4.78 is 5.81. The molecule has 2 rings (SSSR count). The Balaban J connectivity index is 2.48. The summed E-state index contributed by atoms with van der Waals surface area (Å²) in [4.78, 5) is 24.8. The van der Waals surface area contributed by atoms with E-state index in [0.717, 1.165) is 12.8 Å². The average Bonchev–Trinajstić information content (AvgIpc) is 2.98. The lowest BCUT2D eigenvalue weighted by Gasteiger charge is -2.36. The van der Waals surface area contributed by atoms with Gasteiger partial charge >= 0.3 is 5.97 Å². The van der Waals surface area contributed by atoms with Crippen LogP contribution in [0.5, 0.6) is 0 Å². The number of carboxylic acid groups (broad SMARTS) is 1. The van der Waals surface area contributed by atoms with Crippen molar-refractivity contribution in [3.8, 4) is 0 Å². The normalized spacial score (nSPS) is 18.2. The van der Waals surface area contributed by atoms with Gasteiger partial charge in [-0.25, -0.2) is 4.79 Å². The molecule has 0 spiro atoms. The molecule has 5 nitrogen and oxygen atoms in total. The highest BCUT2D eigenvalue weighted by molar-refractivity contribution is 9.10. The first-order valence-electron chi connectivity index (χ1n) is 5.66. The van der Waals surface area contributed by atoms with Crippen molar-refractivity contribution in [1.82, 2.24) is 4.90 Å². The van der Waals surface area contributed by atoms with Crippen molar-refractivity contribution in [2.75, 3.05) is 0 Å². The van der Waals surface area contributed by atoms with Gasteiger partial charge in [0, 0.05) is 13.0 Å². The van der Waals surface area contributed by atoms with Gasteiger partial charge in [0.1, 0.15) is 5.76 Å². The Morgan fingerprint density at radius 2 is 2.11 bits per heavy atom. The number of halogens is 1. The van der Waals surface area contributed by atoms with Gasteiger partial charge in [-0.15, -0.1) is 0 Å². The number of carbonyl (C=O) groups is 2. The second-order valence-electron chi connectivity index (χ2n) is 4.60. The summed E-state index contributed by atoms with van der Waals surface area (Å²) in [6.45, 7) is 2.89. The zero-order chi connectivity index (χ0) is 13.5. The summed E-state index contributed by atoms with van der Waals surface area (Å²) in [5.41, 5.74) is -1.46. The molecular weight excluding hydrogens is 302 g/mol. The first-order chi connectivity index (χ1) is 8.37. The van der Waals surface area contributed by atoms with E-state index in [9.17, 15) is 14.7 Å². The third kappa shape index (κ3) is 2.05. The zero-order valence-electron chi connectivity index (χ0n) is 10.1. The highest BCUT2D eigenvalue weighted by Crippen LogP contribution is 2.39. The first kappa shape index (κ1) is 13.1. The summed E-state index contributed by atoms with van der Waals surface area (Å²) in [6, 6.07) is 3.20. The molecule has 0 radical (unpaired) electrons. The van der Waals surface area contributed by atoms with E-state index < -0.39 is 11.5 Å². The second-order valence-corrected chi connectivity index (χ2v) is 5.38. The van der Waals surface area contributed by atoms with Gasteiger partial charge < -0.3 is 14.4 Å². The fourth-order valence-corrected chi connectivity index (χ4v) is 2.48. The molecule has 0 bridgehead atoms. The van der Waals surface area contributed by atoms with Gasteiger partial charge in [-0.3, -0.25) is 4.79 Å². The van der Waals surface area contributed by atoms with Gasteiger partial charge in [0.2, 0.25) is 5.91 Å². The maximum Gasteiger partial charge on any atom is 0.337 e. The molecule has 1 saturated carbocycles. The Hall–Kier alpha value is -1.30. The van der Waals surface area contributed by atoms with E-state index in [-0.39, 0.29) is 17.7 Å². The van der Waals surface area contributed by atoms with Crippen LogP contribution >= 0.6 is 15.9 Å². The number of aliphatic carboxylic acids is 1. The predicted molar refractivity (Wildman–Crippen MR) is 66.9 cm³/mol. The minimum atomic E-state index is -1.46. The SMILES string of the molecule is CC(=O)N(C1CC1)C(C)(C(=O)O)c1ccc(Br)o1. The van der Waals surface area contributed by atoms with E-state index in [2.05, 4.69) is 15.9 Å². The van der Waals surface area contributed by atoms with Crippen molar-refractivity contribution in [1.29, 1.82) is 0 Å². The predicted octanol–water partition coefficient (Wildman–Crippen LogP) is 2.35. The van der Waals surface area contributed by atoms with Gasteiger partial charge in [0.25, 0.3) is 0 Å². The summed E-state index contributed by atoms with van der Waals surface area (Å²) in [7, 11) is 0. The molecule has 1 atom stereocenters. The Labute approximate surface area is 113 Å². The molecule has 1 N–H and O–H groups in total. The molecule has 1 unspecified atom stereocenters. The highest BCUT2D eigenvalue weighted by atomic mass is 79.9. The molecule has 6 heteroatoms. The van der Waals surface area contributed by atoms with Crippen LogP contribution in [0.1, 0.15) is 32.4 Å². The Morgan fingerprint density at radius 3 is 2.44 bits per heavy atom. The number of nitrogens with zero attached hydrogens (tertiary/aromatic N) is 1. The third-order valence-electron chi connectivity index (χ3n) is 3.20. The molecule has 0 aromatic carbocycles. The van der Waals surface area contributed by atoms with Crippen LogP contribution in [0.2, 0.25) is 0 Å². The molecular formula is C12H14BrNO4. The van der Waals surface area contributed by atoms with Crippen molar-refractivity contribution >= 4 is 27.8 Å². The van der Waals surface area contributed by atoms with Crippen LogP contribution in [0.4, 0.5) is 0 Å². The van der Waals surface area contributed by atoms with Crippen molar-refractivity contribution in [3.63, 3.8) is 0 Å². The fraction of sp³-hybridized carbons (Fsp3) is 0.500. The van der Waals surface area contributed by atoms with Crippen molar-refractivity contribution in [3.05, 3.63) is 22.6 Å². The summed E-state index contributed by atoms with van der Waals surface area (Å²) in [5, 5.41) is 9.52. The lowest BCUT2D eigenvalue weighted by molar-refractivity contribution is -0.160. The van der Waals surface area contributed by atoms with Crippen molar-refractivity contribution in [2.24, 2.45) is 0 Å². The lowest BCUT2D eigenvalue weighted by Crippen LogP contribution is -2.53. The molecule has 1 aromatic rings. The molecule has 1 aliphatic carbocycles. The average molecular weight is 316 g/mol. The smallest absolute Gasteiger partial charge is 0.337 e. The van der Waals surface area contributed by atoms with Crippen LogP contribution in [-0.4, -0.2) is 27.9 Å². The Morgan fingerprint density at radius 1 is 1.50 bits per heavy atom. The highest BCUT2D eigenvalue weighted by Gasteiger charge is 2.51. The second kappa shape index (κ2) is 4.42. The van der Waals surface area contributed by atoms with E-state index in [1.807, 2.05) is 0 Å². The van der Waals surface area contributed by atoms with E-state index in [1.165, 1.54) is 18.7 Å². The Bertz CT molecular complexity index is 494. The molecule has 0 aliphatic heterocycles. The maximum atomic E-state index is 11.8. The van der Waals surface area contributed by atoms with Crippen molar-refractivity contribution in [2.45, 2.75) is 38.3 Å². The molecule has 98 valence electrons. The van der Waals surface area contributed by atoms with Gasteiger partial charge in [-0.05, 0) is 47.8 Å². The summed E-state index contributed by atoms with van der Waals surface area (Å²) in [6.07, 6.45) is 1.68. The van der Waals surface area contributed by atoms with Crippen LogP contribution < -0.4 is 0 Å². The van der Waals surface area contributed by atoms with Gasteiger partial charge in [0.15, 0.2) is 10.2 Å².